The number of hydrogen-bond acceptors (Lipinski definition) is 5. The lowest BCUT2D eigenvalue weighted by Gasteiger charge is -2.01. The SMILES string of the molecule is Cc1sc2ncnc(N/N=C/c3c[nH]c4ccccc34)c2c1C. The fourth-order valence-electron chi connectivity index (χ4n) is 2.63. The molecule has 0 fully saturated rings. The predicted molar refractivity (Wildman–Crippen MR) is 96.4 cm³/mol. The summed E-state index contributed by atoms with van der Waals surface area (Å²) < 4.78 is 0. The van der Waals surface area contributed by atoms with Crippen LogP contribution in [0.3, 0.4) is 0 Å². The summed E-state index contributed by atoms with van der Waals surface area (Å²) in [4.78, 5) is 14.1. The minimum absolute atomic E-state index is 0.743. The lowest BCUT2D eigenvalue weighted by atomic mass is 10.2. The summed E-state index contributed by atoms with van der Waals surface area (Å²) in [6.45, 7) is 4.19. The van der Waals surface area contributed by atoms with E-state index >= 15 is 0 Å². The lowest BCUT2D eigenvalue weighted by molar-refractivity contribution is 1.19. The second-order valence-electron chi connectivity index (χ2n) is 5.35. The molecule has 0 aliphatic heterocycles. The van der Waals surface area contributed by atoms with Crippen LogP contribution >= 0.6 is 11.3 Å². The Kier molecular flexibility index (Phi) is 3.31. The zero-order valence-electron chi connectivity index (χ0n) is 12.8. The first-order valence-corrected chi connectivity index (χ1v) is 8.11. The molecule has 4 aromatic rings. The van der Waals surface area contributed by atoms with Gasteiger partial charge < -0.3 is 4.98 Å². The van der Waals surface area contributed by atoms with Gasteiger partial charge in [0.1, 0.15) is 11.2 Å². The van der Waals surface area contributed by atoms with Gasteiger partial charge in [0, 0.05) is 27.5 Å². The van der Waals surface area contributed by atoms with Gasteiger partial charge in [-0.2, -0.15) is 5.10 Å². The molecule has 6 heteroatoms. The van der Waals surface area contributed by atoms with E-state index < -0.39 is 0 Å². The summed E-state index contributed by atoms with van der Waals surface area (Å²) in [5.74, 6) is 0.743. The number of hydrogen-bond donors (Lipinski definition) is 2. The van der Waals surface area contributed by atoms with E-state index in [1.807, 2.05) is 24.4 Å². The monoisotopic (exact) mass is 321 g/mol. The van der Waals surface area contributed by atoms with Crippen molar-refractivity contribution in [2.75, 3.05) is 5.43 Å². The maximum Gasteiger partial charge on any atom is 0.158 e. The van der Waals surface area contributed by atoms with Crippen LogP contribution in [0.4, 0.5) is 5.82 Å². The van der Waals surface area contributed by atoms with Crippen LogP contribution in [0.2, 0.25) is 0 Å². The van der Waals surface area contributed by atoms with E-state index in [1.54, 1.807) is 23.9 Å². The number of thiophene rings is 1. The lowest BCUT2D eigenvalue weighted by Crippen LogP contribution is -1.95. The van der Waals surface area contributed by atoms with Crippen molar-refractivity contribution in [1.29, 1.82) is 0 Å². The summed E-state index contributed by atoms with van der Waals surface area (Å²) in [5.41, 5.74) is 6.40. The van der Waals surface area contributed by atoms with Crippen LogP contribution < -0.4 is 5.43 Å². The van der Waals surface area contributed by atoms with Crippen molar-refractivity contribution >= 4 is 44.5 Å². The Morgan fingerprint density at radius 3 is 3.00 bits per heavy atom. The molecule has 0 radical (unpaired) electrons. The van der Waals surface area contributed by atoms with Crippen molar-refractivity contribution in [3.8, 4) is 0 Å². The number of H-pyrrole nitrogens is 1. The number of hydrazone groups is 1. The first kappa shape index (κ1) is 13.9. The number of nitrogens with one attached hydrogen (secondary N) is 2. The van der Waals surface area contributed by atoms with Gasteiger partial charge in [0.25, 0.3) is 0 Å². The summed E-state index contributed by atoms with van der Waals surface area (Å²) in [5, 5.41) is 6.55. The topological polar surface area (TPSA) is 66.0 Å². The van der Waals surface area contributed by atoms with Gasteiger partial charge in [-0.1, -0.05) is 18.2 Å². The Labute approximate surface area is 137 Å². The molecule has 0 aliphatic carbocycles. The third kappa shape index (κ3) is 2.37. The second-order valence-corrected chi connectivity index (χ2v) is 6.55. The fourth-order valence-corrected chi connectivity index (χ4v) is 3.63. The highest BCUT2D eigenvalue weighted by Crippen LogP contribution is 2.32. The predicted octanol–water partition coefficient (Wildman–Crippen LogP) is 4.24. The minimum Gasteiger partial charge on any atom is -0.361 e. The Morgan fingerprint density at radius 2 is 2.09 bits per heavy atom. The third-order valence-corrected chi connectivity index (χ3v) is 5.08. The number of aromatic amines is 1. The quantitative estimate of drug-likeness (QED) is 0.438. The fraction of sp³-hybridized carbons (Fsp3) is 0.118. The van der Waals surface area contributed by atoms with Gasteiger partial charge in [0.05, 0.1) is 11.6 Å². The van der Waals surface area contributed by atoms with E-state index in [4.69, 9.17) is 0 Å². The molecule has 0 amide bonds. The minimum atomic E-state index is 0.743. The molecule has 4 rings (SSSR count). The van der Waals surface area contributed by atoms with Gasteiger partial charge in [-0.05, 0) is 25.5 Å². The highest BCUT2D eigenvalue weighted by molar-refractivity contribution is 7.18. The molecule has 2 N–H and O–H groups in total. The number of rotatable bonds is 3. The number of para-hydroxylation sites is 1. The Hall–Kier alpha value is -2.73. The van der Waals surface area contributed by atoms with Crippen LogP contribution in [0.25, 0.3) is 21.1 Å². The highest BCUT2D eigenvalue weighted by atomic mass is 32.1. The van der Waals surface area contributed by atoms with Gasteiger partial charge in [-0.25, -0.2) is 9.97 Å². The molecule has 114 valence electrons. The molecule has 0 spiro atoms. The molecule has 0 atom stereocenters. The molecule has 0 aliphatic rings. The molecule has 0 saturated carbocycles. The smallest absolute Gasteiger partial charge is 0.158 e. The van der Waals surface area contributed by atoms with E-state index in [-0.39, 0.29) is 0 Å². The van der Waals surface area contributed by atoms with Crippen LogP contribution in [0.15, 0.2) is 41.9 Å². The van der Waals surface area contributed by atoms with Crippen molar-refractivity contribution in [2.24, 2.45) is 5.10 Å². The van der Waals surface area contributed by atoms with Gasteiger partial charge in [0.2, 0.25) is 0 Å². The standard InChI is InChI=1S/C17H15N5S/c1-10-11(2)23-17-15(10)16(19-9-20-17)22-21-8-12-7-18-14-6-4-3-5-13(12)14/h3-9,18H,1-2H3,(H,19,20,22)/b21-8+. The van der Waals surface area contributed by atoms with Crippen LogP contribution in [0.1, 0.15) is 16.0 Å². The van der Waals surface area contributed by atoms with Crippen LogP contribution in [-0.2, 0) is 0 Å². The molecule has 0 unspecified atom stereocenters. The van der Waals surface area contributed by atoms with Crippen LogP contribution in [0, 0.1) is 13.8 Å². The van der Waals surface area contributed by atoms with Gasteiger partial charge >= 0.3 is 0 Å². The third-order valence-electron chi connectivity index (χ3n) is 3.96. The molecule has 0 bridgehead atoms. The summed E-state index contributed by atoms with van der Waals surface area (Å²) in [6.07, 6.45) is 5.33. The number of aryl methyl sites for hydroxylation is 2. The average molecular weight is 321 g/mol. The molecule has 3 aromatic heterocycles. The Bertz CT molecular complexity index is 1030. The molecule has 0 saturated heterocycles. The van der Waals surface area contributed by atoms with Crippen molar-refractivity contribution < 1.29 is 0 Å². The number of aromatic nitrogens is 3. The first-order valence-electron chi connectivity index (χ1n) is 7.30. The van der Waals surface area contributed by atoms with Crippen LogP contribution in [-0.4, -0.2) is 21.2 Å². The molecular weight excluding hydrogens is 306 g/mol. The van der Waals surface area contributed by atoms with Crippen molar-refractivity contribution in [3.05, 3.63) is 52.8 Å². The summed E-state index contributed by atoms with van der Waals surface area (Å²) in [6, 6.07) is 8.15. The van der Waals surface area contributed by atoms with Gasteiger partial charge in [0.15, 0.2) is 5.82 Å². The summed E-state index contributed by atoms with van der Waals surface area (Å²) >= 11 is 1.68. The molecule has 1 aromatic carbocycles. The zero-order chi connectivity index (χ0) is 15.8. The van der Waals surface area contributed by atoms with E-state index in [0.717, 1.165) is 32.5 Å². The maximum absolute atomic E-state index is 4.35. The average Bonchev–Trinajstić information content (AvgIpc) is 3.10. The number of fused-ring (bicyclic) bond motifs is 2. The number of anilines is 1. The maximum atomic E-state index is 4.35. The van der Waals surface area contributed by atoms with Gasteiger partial charge in [-0.3, -0.25) is 5.43 Å². The summed E-state index contributed by atoms with van der Waals surface area (Å²) in [7, 11) is 0. The molecular formula is C17H15N5S. The van der Waals surface area contributed by atoms with E-state index in [0.29, 0.717) is 0 Å². The second kappa shape index (κ2) is 5.48. The van der Waals surface area contributed by atoms with Crippen LogP contribution in [0.5, 0.6) is 0 Å². The molecule has 23 heavy (non-hydrogen) atoms. The Balaban J connectivity index is 1.67. The van der Waals surface area contributed by atoms with E-state index in [1.165, 1.54) is 10.4 Å². The number of benzene rings is 1. The van der Waals surface area contributed by atoms with Crippen molar-refractivity contribution in [1.82, 2.24) is 15.0 Å². The molecule has 5 nitrogen and oxygen atoms in total. The van der Waals surface area contributed by atoms with E-state index in [2.05, 4.69) is 45.4 Å². The normalized spacial score (nSPS) is 11.7. The Morgan fingerprint density at radius 1 is 1.22 bits per heavy atom. The largest absolute Gasteiger partial charge is 0.361 e. The van der Waals surface area contributed by atoms with E-state index in [9.17, 15) is 0 Å². The van der Waals surface area contributed by atoms with Crippen molar-refractivity contribution in [2.45, 2.75) is 13.8 Å². The zero-order valence-corrected chi connectivity index (χ0v) is 13.6. The molecule has 3 heterocycles. The van der Waals surface area contributed by atoms with Crippen molar-refractivity contribution in [3.63, 3.8) is 0 Å². The highest BCUT2D eigenvalue weighted by Gasteiger charge is 2.11. The first-order chi connectivity index (χ1) is 11.2. The number of nitrogens with zero attached hydrogens (tertiary/aromatic N) is 3. The van der Waals surface area contributed by atoms with Gasteiger partial charge in [-0.15, -0.1) is 11.3 Å².